The van der Waals surface area contributed by atoms with Crippen molar-refractivity contribution in [1.82, 2.24) is 4.90 Å². The van der Waals surface area contributed by atoms with Gasteiger partial charge in [0.1, 0.15) is 0 Å². The minimum absolute atomic E-state index is 0.0634. The van der Waals surface area contributed by atoms with Gasteiger partial charge in [-0.1, -0.05) is 30.7 Å². The van der Waals surface area contributed by atoms with Crippen LogP contribution in [0.1, 0.15) is 23.0 Å². The standard InChI is InChI=1S/C10H13ClN2OS2/c1-2-5-13(6-9(12)15)10(14)7-3-4-8(11)16-7/h3-4H,2,5-6H2,1H3,(H2,12,15). The lowest BCUT2D eigenvalue weighted by Gasteiger charge is -2.20. The Labute approximate surface area is 109 Å². The summed E-state index contributed by atoms with van der Waals surface area (Å²) in [4.78, 5) is 14.6. The lowest BCUT2D eigenvalue weighted by atomic mass is 10.3. The van der Waals surface area contributed by atoms with Crippen LogP contribution in [0.2, 0.25) is 4.34 Å². The molecule has 0 bridgehead atoms. The first-order valence-electron chi connectivity index (χ1n) is 4.87. The van der Waals surface area contributed by atoms with Crippen molar-refractivity contribution in [3.8, 4) is 0 Å². The molecule has 1 aromatic heterocycles. The maximum absolute atomic E-state index is 12.0. The van der Waals surface area contributed by atoms with E-state index in [-0.39, 0.29) is 5.91 Å². The summed E-state index contributed by atoms with van der Waals surface area (Å²) in [5.41, 5.74) is 5.46. The van der Waals surface area contributed by atoms with E-state index in [1.165, 1.54) is 11.3 Å². The highest BCUT2D eigenvalue weighted by Crippen LogP contribution is 2.22. The summed E-state index contributed by atoms with van der Waals surface area (Å²) in [6, 6.07) is 3.43. The molecule has 1 amide bonds. The summed E-state index contributed by atoms with van der Waals surface area (Å²) in [5, 5.41) is 0. The molecule has 0 aliphatic rings. The molecule has 0 aliphatic heterocycles. The molecule has 1 heterocycles. The SMILES string of the molecule is CCCN(CC(N)=S)C(=O)c1ccc(Cl)s1. The second kappa shape index (κ2) is 6.18. The van der Waals surface area contributed by atoms with Crippen molar-refractivity contribution in [1.29, 1.82) is 0 Å². The third-order valence-corrected chi connectivity index (χ3v) is 3.26. The first kappa shape index (κ1) is 13.4. The van der Waals surface area contributed by atoms with E-state index >= 15 is 0 Å². The van der Waals surface area contributed by atoms with Crippen LogP contribution in [0.5, 0.6) is 0 Å². The topological polar surface area (TPSA) is 46.3 Å². The Morgan fingerprint density at radius 2 is 2.31 bits per heavy atom. The summed E-state index contributed by atoms with van der Waals surface area (Å²) < 4.78 is 0.607. The fourth-order valence-electron chi connectivity index (χ4n) is 1.30. The summed E-state index contributed by atoms with van der Waals surface area (Å²) in [6.07, 6.45) is 0.869. The van der Waals surface area contributed by atoms with Crippen LogP contribution in [0, 0.1) is 0 Å². The van der Waals surface area contributed by atoms with Gasteiger partial charge in [0.15, 0.2) is 0 Å². The van der Waals surface area contributed by atoms with Crippen LogP contribution >= 0.6 is 35.2 Å². The Hall–Kier alpha value is -0.650. The highest BCUT2D eigenvalue weighted by atomic mass is 35.5. The zero-order valence-electron chi connectivity index (χ0n) is 8.90. The Morgan fingerprint density at radius 3 is 2.75 bits per heavy atom. The van der Waals surface area contributed by atoms with Gasteiger partial charge in [0.25, 0.3) is 5.91 Å². The fraction of sp³-hybridized carbons (Fsp3) is 0.400. The van der Waals surface area contributed by atoms with Crippen molar-refractivity contribution < 1.29 is 4.79 Å². The number of hydrogen-bond acceptors (Lipinski definition) is 3. The minimum atomic E-state index is -0.0634. The van der Waals surface area contributed by atoms with E-state index in [9.17, 15) is 4.79 Å². The lowest BCUT2D eigenvalue weighted by molar-refractivity contribution is 0.0785. The van der Waals surface area contributed by atoms with Crippen LogP contribution in [0.4, 0.5) is 0 Å². The molecule has 88 valence electrons. The number of amides is 1. The van der Waals surface area contributed by atoms with E-state index in [2.05, 4.69) is 0 Å². The quantitative estimate of drug-likeness (QED) is 0.841. The number of rotatable bonds is 5. The van der Waals surface area contributed by atoms with Gasteiger partial charge in [0.2, 0.25) is 0 Å². The van der Waals surface area contributed by atoms with Gasteiger partial charge < -0.3 is 10.6 Å². The van der Waals surface area contributed by atoms with E-state index in [0.717, 1.165) is 6.42 Å². The average molecular weight is 277 g/mol. The maximum atomic E-state index is 12.0. The molecule has 0 saturated heterocycles. The molecular weight excluding hydrogens is 264 g/mol. The Kier molecular flexibility index (Phi) is 5.18. The maximum Gasteiger partial charge on any atom is 0.264 e. The third kappa shape index (κ3) is 3.73. The number of thiocarbonyl (C=S) groups is 1. The fourth-order valence-corrected chi connectivity index (χ4v) is 2.46. The molecular formula is C10H13ClN2OS2. The smallest absolute Gasteiger partial charge is 0.264 e. The predicted molar refractivity (Wildman–Crippen MR) is 72.3 cm³/mol. The first-order chi connectivity index (χ1) is 7.54. The van der Waals surface area contributed by atoms with Crippen molar-refractivity contribution in [3.63, 3.8) is 0 Å². The van der Waals surface area contributed by atoms with Crippen molar-refractivity contribution in [2.24, 2.45) is 5.73 Å². The number of carbonyl (C=O) groups is 1. The molecule has 0 fully saturated rings. The number of nitrogens with zero attached hydrogens (tertiary/aromatic N) is 1. The monoisotopic (exact) mass is 276 g/mol. The van der Waals surface area contributed by atoms with Gasteiger partial charge >= 0.3 is 0 Å². The Bertz CT molecular complexity index is 392. The highest BCUT2D eigenvalue weighted by molar-refractivity contribution is 7.80. The summed E-state index contributed by atoms with van der Waals surface area (Å²) in [7, 11) is 0. The van der Waals surface area contributed by atoms with Crippen LogP contribution in [0.25, 0.3) is 0 Å². The van der Waals surface area contributed by atoms with Crippen LogP contribution in [-0.4, -0.2) is 28.9 Å². The van der Waals surface area contributed by atoms with Crippen LogP contribution < -0.4 is 5.73 Å². The largest absolute Gasteiger partial charge is 0.392 e. The van der Waals surface area contributed by atoms with Crippen molar-refractivity contribution in [2.75, 3.05) is 13.1 Å². The average Bonchev–Trinajstić information content (AvgIpc) is 2.62. The zero-order chi connectivity index (χ0) is 12.1. The highest BCUT2D eigenvalue weighted by Gasteiger charge is 2.17. The van der Waals surface area contributed by atoms with Crippen LogP contribution in [0.3, 0.4) is 0 Å². The zero-order valence-corrected chi connectivity index (χ0v) is 11.3. The van der Waals surface area contributed by atoms with E-state index in [1.807, 2.05) is 6.92 Å². The molecule has 3 nitrogen and oxygen atoms in total. The molecule has 6 heteroatoms. The number of hydrogen-bond donors (Lipinski definition) is 1. The Balaban J connectivity index is 2.78. The third-order valence-electron chi connectivity index (χ3n) is 1.91. The van der Waals surface area contributed by atoms with Gasteiger partial charge in [-0.05, 0) is 18.6 Å². The van der Waals surface area contributed by atoms with Gasteiger partial charge in [0.05, 0.1) is 20.7 Å². The lowest BCUT2D eigenvalue weighted by Crippen LogP contribution is -2.37. The second-order valence-corrected chi connectivity index (χ2v) is 5.54. The van der Waals surface area contributed by atoms with Crippen molar-refractivity contribution in [3.05, 3.63) is 21.3 Å². The van der Waals surface area contributed by atoms with Gasteiger partial charge in [0, 0.05) is 6.54 Å². The molecule has 0 atom stereocenters. The molecule has 0 aromatic carbocycles. The Morgan fingerprint density at radius 1 is 1.62 bits per heavy atom. The summed E-state index contributed by atoms with van der Waals surface area (Å²) in [5.74, 6) is -0.0634. The molecule has 1 rings (SSSR count). The van der Waals surface area contributed by atoms with Crippen LogP contribution in [0.15, 0.2) is 12.1 Å². The van der Waals surface area contributed by atoms with E-state index in [0.29, 0.717) is 27.3 Å². The van der Waals surface area contributed by atoms with Gasteiger partial charge in [-0.25, -0.2) is 0 Å². The minimum Gasteiger partial charge on any atom is -0.392 e. The molecule has 16 heavy (non-hydrogen) atoms. The normalized spacial score (nSPS) is 10.1. The van der Waals surface area contributed by atoms with Gasteiger partial charge in [-0.3, -0.25) is 4.79 Å². The summed E-state index contributed by atoms with van der Waals surface area (Å²) in [6.45, 7) is 2.96. The molecule has 1 aromatic rings. The molecule has 0 spiro atoms. The number of halogens is 1. The summed E-state index contributed by atoms with van der Waals surface area (Å²) >= 11 is 11.9. The van der Waals surface area contributed by atoms with Crippen LogP contribution in [-0.2, 0) is 0 Å². The number of nitrogens with two attached hydrogens (primary N) is 1. The second-order valence-electron chi connectivity index (χ2n) is 3.30. The molecule has 2 N–H and O–H groups in total. The number of thiophene rings is 1. The van der Waals surface area contributed by atoms with Gasteiger partial charge in [-0.2, -0.15) is 0 Å². The number of carbonyl (C=O) groups excluding carboxylic acids is 1. The van der Waals surface area contributed by atoms with E-state index < -0.39 is 0 Å². The predicted octanol–water partition coefficient (Wildman–Crippen LogP) is 2.54. The molecule has 0 unspecified atom stereocenters. The van der Waals surface area contributed by atoms with Crippen molar-refractivity contribution in [2.45, 2.75) is 13.3 Å². The van der Waals surface area contributed by atoms with Crippen molar-refractivity contribution >= 4 is 46.1 Å². The molecule has 0 saturated carbocycles. The van der Waals surface area contributed by atoms with E-state index in [1.54, 1.807) is 17.0 Å². The molecule has 0 radical (unpaired) electrons. The van der Waals surface area contributed by atoms with Gasteiger partial charge in [-0.15, -0.1) is 11.3 Å². The van der Waals surface area contributed by atoms with E-state index in [4.69, 9.17) is 29.6 Å². The molecule has 0 aliphatic carbocycles. The first-order valence-corrected chi connectivity index (χ1v) is 6.47.